The van der Waals surface area contributed by atoms with Gasteiger partial charge in [-0.25, -0.2) is 4.98 Å². The third kappa shape index (κ3) is 2.26. The van der Waals surface area contributed by atoms with E-state index in [9.17, 15) is 14.9 Å². The molecule has 2 heterocycles. The maximum atomic E-state index is 12.7. The van der Waals surface area contributed by atoms with Gasteiger partial charge in [-0.1, -0.05) is 6.07 Å². The zero-order valence-electron chi connectivity index (χ0n) is 11.9. The van der Waals surface area contributed by atoms with Crippen LogP contribution >= 0.6 is 0 Å². The van der Waals surface area contributed by atoms with Crippen molar-refractivity contribution in [3.8, 4) is 5.88 Å². The zero-order valence-corrected chi connectivity index (χ0v) is 11.9. The Morgan fingerprint density at radius 3 is 2.95 bits per heavy atom. The predicted octanol–water partition coefficient (Wildman–Crippen LogP) is 2.20. The van der Waals surface area contributed by atoms with E-state index in [1.54, 1.807) is 24.4 Å². The molecule has 22 heavy (non-hydrogen) atoms. The summed E-state index contributed by atoms with van der Waals surface area (Å²) in [6.45, 7) is 0.480. The molecule has 1 aliphatic rings. The number of methoxy groups -OCH3 is 1. The molecule has 0 atom stereocenters. The molecule has 0 radical (unpaired) electrons. The summed E-state index contributed by atoms with van der Waals surface area (Å²) < 4.78 is 5.11. The van der Waals surface area contributed by atoms with Crippen molar-refractivity contribution in [3.63, 3.8) is 0 Å². The molecule has 1 amide bonds. The number of benzene rings is 1. The second-order valence-electron chi connectivity index (χ2n) is 4.84. The molecule has 0 saturated heterocycles. The van der Waals surface area contributed by atoms with Crippen LogP contribution in [0.25, 0.3) is 0 Å². The van der Waals surface area contributed by atoms with Gasteiger partial charge in [-0.05, 0) is 24.1 Å². The number of carbonyl (C=O) groups is 1. The first-order valence-electron chi connectivity index (χ1n) is 6.70. The van der Waals surface area contributed by atoms with Gasteiger partial charge < -0.3 is 9.64 Å². The van der Waals surface area contributed by atoms with Gasteiger partial charge in [-0.3, -0.25) is 14.9 Å². The number of hydrogen-bond donors (Lipinski definition) is 0. The van der Waals surface area contributed by atoms with Crippen molar-refractivity contribution in [1.29, 1.82) is 0 Å². The molecular formula is C15H13N3O4. The largest absolute Gasteiger partial charge is 0.480 e. The molecule has 1 aromatic carbocycles. The quantitative estimate of drug-likeness (QED) is 0.640. The standard InChI is InChI=1S/C15H13N3O4/c1-22-14-12(3-2-7-16-14)15(19)17-8-6-10-4-5-11(18(20)21)9-13(10)17/h2-5,7,9H,6,8H2,1H3. The Morgan fingerprint density at radius 1 is 1.41 bits per heavy atom. The van der Waals surface area contributed by atoms with E-state index in [-0.39, 0.29) is 17.5 Å². The van der Waals surface area contributed by atoms with Gasteiger partial charge in [0, 0.05) is 24.9 Å². The fraction of sp³-hybridized carbons (Fsp3) is 0.200. The number of anilines is 1. The molecule has 1 aliphatic heterocycles. The fourth-order valence-corrected chi connectivity index (χ4v) is 2.55. The molecule has 0 N–H and O–H groups in total. The smallest absolute Gasteiger partial charge is 0.271 e. The van der Waals surface area contributed by atoms with Crippen LogP contribution in [0.3, 0.4) is 0 Å². The topological polar surface area (TPSA) is 85.6 Å². The van der Waals surface area contributed by atoms with Gasteiger partial charge in [0.25, 0.3) is 11.6 Å². The Balaban J connectivity index is 2.00. The Labute approximate surface area is 126 Å². The molecule has 0 unspecified atom stereocenters. The van der Waals surface area contributed by atoms with Crippen LogP contribution in [0.1, 0.15) is 15.9 Å². The number of hydrogen-bond acceptors (Lipinski definition) is 5. The van der Waals surface area contributed by atoms with E-state index in [0.717, 1.165) is 5.56 Å². The summed E-state index contributed by atoms with van der Waals surface area (Å²) in [5, 5.41) is 10.9. The van der Waals surface area contributed by atoms with Crippen molar-refractivity contribution in [2.24, 2.45) is 0 Å². The second-order valence-corrected chi connectivity index (χ2v) is 4.84. The SMILES string of the molecule is COc1ncccc1C(=O)N1CCc2ccc([N+](=O)[O-])cc21. The molecule has 0 bridgehead atoms. The Bertz CT molecular complexity index is 760. The van der Waals surface area contributed by atoms with Crippen molar-refractivity contribution in [1.82, 2.24) is 4.98 Å². The second kappa shape index (κ2) is 5.44. The summed E-state index contributed by atoms with van der Waals surface area (Å²) in [5.41, 5.74) is 1.80. The number of non-ortho nitro benzene ring substituents is 1. The Kier molecular flexibility index (Phi) is 3.46. The minimum absolute atomic E-state index is 0.0309. The van der Waals surface area contributed by atoms with Crippen LogP contribution in [0.15, 0.2) is 36.5 Å². The number of fused-ring (bicyclic) bond motifs is 1. The highest BCUT2D eigenvalue weighted by molar-refractivity contribution is 6.08. The van der Waals surface area contributed by atoms with Gasteiger partial charge in [0.15, 0.2) is 0 Å². The maximum absolute atomic E-state index is 12.7. The van der Waals surface area contributed by atoms with Crippen LogP contribution in [-0.4, -0.2) is 29.5 Å². The zero-order chi connectivity index (χ0) is 15.7. The number of aromatic nitrogens is 1. The number of nitrogens with zero attached hydrogens (tertiary/aromatic N) is 3. The van der Waals surface area contributed by atoms with Crippen molar-refractivity contribution in [2.75, 3.05) is 18.6 Å². The highest BCUT2D eigenvalue weighted by atomic mass is 16.6. The molecule has 0 fully saturated rings. The molecular weight excluding hydrogens is 286 g/mol. The molecule has 1 aromatic heterocycles. The molecule has 7 nitrogen and oxygen atoms in total. The highest BCUT2D eigenvalue weighted by Crippen LogP contribution is 2.33. The number of ether oxygens (including phenoxy) is 1. The Hall–Kier alpha value is -2.96. The molecule has 0 aliphatic carbocycles. The van der Waals surface area contributed by atoms with Gasteiger partial charge in [0.1, 0.15) is 5.56 Å². The van der Waals surface area contributed by atoms with Gasteiger partial charge in [-0.15, -0.1) is 0 Å². The highest BCUT2D eigenvalue weighted by Gasteiger charge is 2.29. The van der Waals surface area contributed by atoms with Crippen molar-refractivity contribution in [3.05, 3.63) is 57.8 Å². The number of rotatable bonds is 3. The number of pyridine rings is 1. The van der Waals surface area contributed by atoms with E-state index in [0.29, 0.717) is 24.2 Å². The Morgan fingerprint density at radius 2 is 2.23 bits per heavy atom. The van der Waals surface area contributed by atoms with Gasteiger partial charge >= 0.3 is 0 Å². The summed E-state index contributed by atoms with van der Waals surface area (Å²) in [4.78, 5) is 28.7. The lowest BCUT2D eigenvalue weighted by atomic mass is 10.1. The lowest BCUT2D eigenvalue weighted by Gasteiger charge is -2.18. The van der Waals surface area contributed by atoms with Gasteiger partial charge in [0.2, 0.25) is 5.88 Å². The van der Waals surface area contributed by atoms with E-state index < -0.39 is 4.92 Å². The summed E-state index contributed by atoms with van der Waals surface area (Å²) in [6, 6.07) is 7.87. The average Bonchev–Trinajstić information content (AvgIpc) is 2.97. The van der Waals surface area contributed by atoms with E-state index in [1.165, 1.54) is 24.1 Å². The third-order valence-electron chi connectivity index (χ3n) is 3.62. The number of amides is 1. The summed E-state index contributed by atoms with van der Waals surface area (Å²) in [5.74, 6) is -0.0319. The van der Waals surface area contributed by atoms with Crippen molar-refractivity contribution in [2.45, 2.75) is 6.42 Å². The van der Waals surface area contributed by atoms with Crippen LogP contribution in [0.4, 0.5) is 11.4 Å². The molecule has 112 valence electrons. The van der Waals surface area contributed by atoms with Crippen LogP contribution in [0, 0.1) is 10.1 Å². The van der Waals surface area contributed by atoms with Gasteiger partial charge in [-0.2, -0.15) is 0 Å². The molecule has 2 aromatic rings. The number of nitro groups is 1. The number of carbonyl (C=O) groups excluding carboxylic acids is 1. The minimum atomic E-state index is -0.466. The third-order valence-corrected chi connectivity index (χ3v) is 3.62. The lowest BCUT2D eigenvalue weighted by Crippen LogP contribution is -2.29. The monoisotopic (exact) mass is 299 g/mol. The first-order chi connectivity index (χ1) is 10.6. The molecule has 3 rings (SSSR count). The summed E-state index contributed by atoms with van der Waals surface area (Å²) in [7, 11) is 1.45. The van der Waals surface area contributed by atoms with Crippen LogP contribution in [0.2, 0.25) is 0 Å². The average molecular weight is 299 g/mol. The van der Waals surface area contributed by atoms with Crippen LogP contribution in [-0.2, 0) is 6.42 Å². The first kappa shape index (κ1) is 14.0. The maximum Gasteiger partial charge on any atom is 0.271 e. The van der Waals surface area contributed by atoms with Crippen molar-refractivity contribution >= 4 is 17.3 Å². The van der Waals surface area contributed by atoms with E-state index in [4.69, 9.17) is 4.74 Å². The van der Waals surface area contributed by atoms with E-state index >= 15 is 0 Å². The molecule has 7 heteroatoms. The lowest BCUT2D eigenvalue weighted by molar-refractivity contribution is -0.384. The van der Waals surface area contributed by atoms with Crippen molar-refractivity contribution < 1.29 is 14.5 Å². The van der Waals surface area contributed by atoms with Gasteiger partial charge in [0.05, 0.1) is 17.7 Å². The summed E-state index contributed by atoms with van der Waals surface area (Å²) >= 11 is 0. The summed E-state index contributed by atoms with van der Waals surface area (Å²) in [6.07, 6.45) is 2.21. The van der Waals surface area contributed by atoms with Crippen LogP contribution in [0.5, 0.6) is 5.88 Å². The predicted molar refractivity (Wildman–Crippen MR) is 79.3 cm³/mol. The van der Waals surface area contributed by atoms with E-state index in [1.807, 2.05) is 0 Å². The van der Waals surface area contributed by atoms with E-state index in [2.05, 4.69) is 4.98 Å². The molecule has 0 spiro atoms. The molecule has 0 saturated carbocycles. The van der Waals surface area contributed by atoms with Crippen LogP contribution < -0.4 is 9.64 Å². The minimum Gasteiger partial charge on any atom is -0.480 e. The number of nitro benzene ring substituents is 1. The fourth-order valence-electron chi connectivity index (χ4n) is 2.55. The first-order valence-corrected chi connectivity index (χ1v) is 6.70. The normalized spacial score (nSPS) is 12.9.